The summed E-state index contributed by atoms with van der Waals surface area (Å²) < 4.78 is 5.40. The van der Waals surface area contributed by atoms with E-state index in [0.29, 0.717) is 30.4 Å². The van der Waals surface area contributed by atoms with Crippen LogP contribution in [0.4, 0.5) is 5.69 Å². The van der Waals surface area contributed by atoms with E-state index in [1.54, 1.807) is 23.6 Å². The second-order valence-electron chi connectivity index (χ2n) is 5.91. The van der Waals surface area contributed by atoms with Crippen LogP contribution in [0.15, 0.2) is 35.9 Å². The number of ether oxygens (including phenoxy) is 1. The van der Waals surface area contributed by atoms with Crippen LogP contribution in [-0.4, -0.2) is 41.0 Å². The summed E-state index contributed by atoms with van der Waals surface area (Å²) in [5.74, 6) is 0.972. The highest BCUT2D eigenvalue weighted by atomic mass is 32.2. The first-order valence-electron chi connectivity index (χ1n) is 8.59. The van der Waals surface area contributed by atoms with E-state index in [-0.39, 0.29) is 11.8 Å². The topological polar surface area (TPSA) is 58.6 Å². The van der Waals surface area contributed by atoms with Gasteiger partial charge in [0.2, 0.25) is 5.91 Å². The highest BCUT2D eigenvalue weighted by molar-refractivity contribution is 7.99. The lowest BCUT2D eigenvalue weighted by Crippen LogP contribution is -2.44. The van der Waals surface area contributed by atoms with E-state index in [9.17, 15) is 9.59 Å². The zero-order chi connectivity index (χ0) is 18.2. The number of nitrogens with one attached hydrogen (secondary N) is 1. The smallest absolute Gasteiger partial charge is 0.250 e. The maximum Gasteiger partial charge on any atom is 0.250 e. The number of thioether (sulfide) groups is 1. The minimum absolute atomic E-state index is 0.0582. The summed E-state index contributed by atoms with van der Waals surface area (Å²) in [5, 5.41) is 2.94. The third-order valence-electron chi connectivity index (χ3n) is 3.96. The van der Waals surface area contributed by atoms with Crippen LogP contribution in [0.2, 0.25) is 0 Å². The predicted octanol–water partition coefficient (Wildman–Crippen LogP) is 3.42. The van der Waals surface area contributed by atoms with Gasteiger partial charge in [0.05, 0.1) is 12.5 Å². The first kappa shape index (κ1) is 19.5. The van der Waals surface area contributed by atoms with E-state index in [1.165, 1.54) is 0 Å². The van der Waals surface area contributed by atoms with Gasteiger partial charge in [0.15, 0.2) is 0 Å². The number of carbonyl (C=O) groups is 2. The van der Waals surface area contributed by atoms with Gasteiger partial charge in [0, 0.05) is 23.6 Å². The molecule has 0 aliphatic carbocycles. The molecule has 1 aromatic rings. The Hall–Kier alpha value is -1.79. The zero-order valence-corrected chi connectivity index (χ0v) is 15.9. The summed E-state index contributed by atoms with van der Waals surface area (Å²) in [5.41, 5.74) is 2.43. The van der Waals surface area contributed by atoms with Gasteiger partial charge in [-0.2, -0.15) is 0 Å². The highest BCUT2D eigenvalue weighted by Crippen LogP contribution is 2.24. The van der Waals surface area contributed by atoms with Gasteiger partial charge in [-0.05, 0) is 38.0 Å². The summed E-state index contributed by atoms with van der Waals surface area (Å²) in [6.45, 7) is 6.92. The maximum absolute atomic E-state index is 12.7. The molecule has 1 atom stereocenters. The number of allylic oxidation sites excluding steroid dienone is 1. The normalized spacial score (nSPS) is 17.6. The molecule has 1 heterocycles. The lowest BCUT2D eigenvalue weighted by atomic mass is 10.1. The van der Waals surface area contributed by atoms with Gasteiger partial charge in [-0.15, -0.1) is 11.8 Å². The van der Waals surface area contributed by atoms with E-state index < -0.39 is 6.04 Å². The molecule has 1 N–H and O–H groups in total. The van der Waals surface area contributed by atoms with Gasteiger partial charge in [-0.25, -0.2) is 0 Å². The molecule has 0 saturated carbocycles. The Labute approximate surface area is 153 Å². The van der Waals surface area contributed by atoms with Crippen molar-refractivity contribution in [2.75, 3.05) is 23.6 Å². The molecule has 1 fully saturated rings. The zero-order valence-electron chi connectivity index (χ0n) is 15.1. The van der Waals surface area contributed by atoms with Gasteiger partial charge in [0.25, 0.3) is 5.91 Å². The van der Waals surface area contributed by atoms with E-state index >= 15 is 0 Å². The van der Waals surface area contributed by atoms with Gasteiger partial charge < -0.3 is 15.0 Å². The number of nitrogens with zero attached hydrogens (tertiary/aromatic N) is 1. The van der Waals surface area contributed by atoms with E-state index in [1.807, 2.05) is 44.2 Å². The molecule has 25 heavy (non-hydrogen) atoms. The van der Waals surface area contributed by atoms with Crippen molar-refractivity contribution in [3.8, 4) is 0 Å². The lowest BCUT2D eigenvalue weighted by Gasteiger charge is -2.23. The van der Waals surface area contributed by atoms with Gasteiger partial charge >= 0.3 is 0 Å². The van der Waals surface area contributed by atoms with E-state index in [2.05, 4.69) is 5.32 Å². The summed E-state index contributed by atoms with van der Waals surface area (Å²) in [4.78, 5) is 26.8. The molecule has 6 heteroatoms. The molecule has 2 amide bonds. The molecule has 0 aromatic heterocycles. The molecule has 1 aliphatic heterocycles. The van der Waals surface area contributed by atoms with Crippen molar-refractivity contribution in [3.05, 3.63) is 41.5 Å². The average molecular weight is 362 g/mol. The quantitative estimate of drug-likeness (QED) is 0.755. The molecule has 0 spiro atoms. The van der Waals surface area contributed by atoms with E-state index in [4.69, 9.17) is 4.74 Å². The Kier molecular flexibility index (Phi) is 7.52. The Morgan fingerprint density at radius 1 is 1.40 bits per heavy atom. The van der Waals surface area contributed by atoms with Crippen molar-refractivity contribution < 1.29 is 14.3 Å². The molecular formula is C19H26N2O3S. The monoisotopic (exact) mass is 362 g/mol. The van der Waals surface area contributed by atoms with Crippen molar-refractivity contribution in [2.45, 2.75) is 39.8 Å². The third kappa shape index (κ3) is 5.34. The van der Waals surface area contributed by atoms with E-state index in [0.717, 1.165) is 17.7 Å². The largest absolute Gasteiger partial charge is 0.377 e. The number of carbonyl (C=O) groups excluding carboxylic acids is 2. The van der Waals surface area contributed by atoms with Crippen molar-refractivity contribution in [1.82, 2.24) is 4.90 Å². The molecule has 0 bridgehead atoms. The van der Waals surface area contributed by atoms with Crippen LogP contribution in [0.5, 0.6) is 0 Å². The standard InChI is InChI=1S/C19H26N2O3S/c1-4-7-14(3)19(23)21-13-25-12-17(21)18(22)20-16-9-6-8-15(10-16)11-24-5-2/h6-10,17H,4-5,11-13H2,1-3H3,(H,20,22)/b14-7+. The molecule has 1 unspecified atom stereocenters. The summed E-state index contributed by atoms with van der Waals surface area (Å²) in [6, 6.07) is 7.18. The van der Waals surface area contributed by atoms with Crippen LogP contribution < -0.4 is 5.32 Å². The van der Waals surface area contributed by atoms with Crippen molar-refractivity contribution in [3.63, 3.8) is 0 Å². The Bertz CT molecular complexity index is 645. The van der Waals surface area contributed by atoms with Gasteiger partial charge in [-0.3, -0.25) is 9.59 Å². The van der Waals surface area contributed by atoms with Crippen molar-refractivity contribution >= 4 is 29.3 Å². The molecule has 1 aromatic carbocycles. The predicted molar refractivity (Wildman–Crippen MR) is 102 cm³/mol. The molecule has 1 aliphatic rings. The van der Waals surface area contributed by atoms with Gasteiger partial charge in [0.1, 0.15) is 6.04 Å². The average Bonchev–Trinajstić information content (AvgIpc) is 3.09. The number of hydrogen-bond donors (Lipinski definition) is 1. The highest BCUT2D eigenvalue weighted by Gasteiger charge is 2.35. The minimum atomic E-state index is -0.437. The summed E-state index contributed by atoms with van der Waals surface area (Å²) >= 11 is 1.60. The second kappa shape index (κ2) is 9.63. The number of benzene rings is 1. The van der Waals surface area contributed by atoms with Crippen LogP contribution >= 0.6 is 11.8 Å². The number of anilines is 1. The maximum atomic E-state index is 12.7. The molecule has 2 rings (SSSR count). The molecule has 5 nitrogen and oxygen atoms in total. The Morgan fingerprint density at radius 2 is 2.20 bits per heavy atom. The first-order valence-corrected chi connectivity index (χ1v) is 9.75. The SMILES string of the molecule is CC/C=C(\C)C(=O)N1CSCC1C(=O)Nc1cccc(COCC)c1. The molecule has 136 valence electrons. The number of rotatable bonds is 7. The van der Waals surface area contributed by atoms with Crippen molar-refractivity contribution in [2.24, 2.45) is 0 Å². The number of amides is 2. The third-order valence-corrected chi connectivity index (χ3v) is 4.97. The number of hydrogen-bond acceptors (Lipinski definition) is 4. The molecule has 1 saturated heterocycles. The second-order valence-corrected chi connectivity index (χ2v) is 6.91. The van der Waals surface area contributed by atoms with Crippen LogP contribution in [0.1, 0.15) is 32.8 Å². The lowest BCUT2D eigenvalue weighted by molar-refractivity contribution is -0.133. The van der Waals surface area contributed by atoms with Crippen LogP contribution in [0, 0.1) is 0 Å². The van der Waals surface area contributed by atoms with Crippen molar-refractivity contribution in [1.29, 1.82) is 0 Å². The fourth-order valence-electron chi connectivity index (χ4n) is 2.66. The summed E-state index contributed by atoms with van der Waals surface area (Å²) in [6.07, 6.45) is 2.71. The van der Waals surface area contributed by atoms with Crippen LogP contribution in [0.25, 0.3) is 0 Å². The molecule has 0 radical (unpaired) electrons. The minimum Gasteiger partial charge on any atom is -0.377 e. The van der Waals surface area contributed by atoms with Gasteiger partial charge in [-0.1, -0.05) is 25.1 Å². The first-order chi connectivity index (χ1) is 12.1. The fourth-order valence-corrected chi connectivity index (χ4v) is 3.82. The Morgan fingerprint density at radius 3 is 2.92 bits per heavy atom. The summed E-state index contributed by atoms with van der Waals surface area (Å²) in [7, 11) is 0. The Balaban J connectivity index is 2.04. The van der Waals surface area contributed by atoms with Crippen LogP contribution in [-0.2, 0) is 20.9 Å². The fraction of sp³-hybridized carbons (Fsp3) is 0.474. The van der Waals surface area contributed by atoms with Crippen LogP contribution in [0.3, 0.4) is 0 Å². The molecular weight excluding hydrogens is 336 g/mol.